The number of hydrogen-bond donors (Lipinski definition) is 0. The van der Waals surface area contributed by atoms with E-state index >= 15 is 0 Å². The van der Waals surface area contributed by atoms with Gasteiger partial charge in [0.15, 0.2) is 0 Å². The molecule has 0 amide bonds. The average Bonchev–Trinajstić information content (AvgIpc) is 2.18. The van der Waals surface area contributed by atoms with Crippen molar-refractivity contribution in [2.45, 2.75) is 20.3 Å². The van der Waals surface area contributed by atoms with Gasteiger partial charge in [0.25, 0.3) is 0 Å². The molecule has 0 aliphatic carbocycles. The Morgan fingerprint density at radius 3 is 2.79 bits per heavy atom. The van der Waals surface area contributed by atoms with E-state index in [1.54, 1.807) is 6.92 Å². The Labute approximate surface area is 93.0 Å². The van der Waals surface area contributed by atoms with Gasteiger partial charge in [0.1, 0.15) is 5.82 Å². The van der Waals surface area contributed by atoms with Gasteiger partial charge in [0, 0.05) is 5.33 Å². The van der Waals surface area contributed by atoms with Gasteiger partial charge < -0.3 is 0 Å². The molecule has 0 radical (unpaired) electrons. The molecule has 2 heteroatoms. The van der Waals surface area contributed by atoms with Gasteiger partial charge in [-0.25, -0.2) is 4.39 Å². The molecule has 0 nitrogen and oxygen atoms in total. The molecule has 0 spiro atoms. The van der Waals surface area contributed by atoms with Gasteiger partial charge in [-0.3, -0.25) is 0 Å². The Morgan fingerprint density at radius 2 is 2.21 bits per heavy atom. The van der Waals surface area contributed by atoms with Gasteiger partial charge in [0.05, 0.1) is 0 Å². The lowest BCUT2D eigenvalue weighted by molar-refractivity contribution is 0.618. The summed E-state index contributed by atoms with van der Waals surface area (Å²) in [6.07, 6.45) is 3.16. The minimum absolute atomic E-state index is 0.137. The van der Waals surface area contributed by atoms with Crippen molar-refractivity contribution in [2.24, 2.45) is 0 Å². The van der Waals surface area contributed by atoms with E-state index in [-0.39, 0.29) is 5.82 Å². The molecule has 76 valence electrons. The third kappa shape index (κ3) is 2.95. The van der Waals surface area contributed by atoms with Gasteiger partial charge in [0.2, 0.25) is 0 Å². The van der Waals surface area contributed by atoms with Crippen LogP contribution < -0.4 is 0 Å². The minimum atomic E-state index is -0.137. The summed E-state index contributed by atoms with van der Waals surface area (Å²) in [6, 6.07) is 5.23. The van der Waals surface area contributed by atoms with Crippen LogP contribution in [0.5, 0.6) is 0 Å². The van der Waals surface area contributed by atoms with Crippen molar-refractivity contribution in [2.75, 3.05) is 5.33 Å². The van der Waals surface area contributed by atoms with E-state index in [9.17, 15) is 4.39 Å². The highest BCUT2D eigenvalue weighted by atomic mass is 79.9. The average molecular weight is 257 g/mol. The zero-order valence-electron chi connectivity index (χ0n) is 8.48. The molecule has 1 aromatic carbocycles. The third-order valence-electron chi connectivity index (χ3n) is 2.17. The highest BCUT2D eigenvalue weighted by Crippen LogP contribution is 2.17. The zero-order valence-corrected chi connectivity index (χ0v) is 10.1. The van der Waals surface area contributed by atoms with Crippen molar-refractivity contribution < 1.29 is 4.39 Å². The molecule has 1 aromatic rings. The largest absolute Gasteiger partial charge is 0.207 e. The SMILES string of the molecule is C/C(=C/CCBr)c1ccc(F)c(C)c1. The molecule has 0 atom stereocenters. The second-order valence-corrected chi connectivity index (χ2v) is 4.12. The first-order valence-corrected chi connectivity index (χ1v) is 5.76. The fourth-order valence-electron chi connectivity index (χ4n) is 1.28. The van der Waals surface area contributed by atoms with Gasteiger partial charge >= 0.3 is 0 Å². The number of hydrogen-bond acceptors (Lipinski definition) is 0. The van der Waals surface area contributed by atoms with Crippen molar-refractivity contribution >= 4 is 21.5 Å². The van der Waals surface area contributed by atoms with E-state index < -0.39 is 0 Å². The number of rotatable bonds is 3. The monoisotopic (exact) mass is 256 g/mol. The van der Waals surface area contributed by atoms with Crippen molar-refractivity contribution in [3.63, 3.8) is 0 Å². The Hall–Kier alpha value is -0.630. The molecule has 0 fully saturated rings. The Bertz CT molecular complexity index is 342. The maximum Gasteiger partial charge on any atom is 0.126 e. The number of aryl methyl sites for hydroxylation is 1. The summed E-state index contributed by atoms with van der Waals surface area (Å²) < 4.78 is 13.0. The summed E-state index contributed by atoms with van der Waals surface area (Å²) in [7, 11) is 0. The fourth-order valence-corrected chi connectivity index (χ4v) is 1.51. The normalized spacial score (nSPS) is 11.9. The van der Waals surface area contributed by atoms with Crippen molar-refractivity contribution in [3.05, 3.63) is 41.2 Å². The fraction of sp³-hybridized carbons (Fsp3) is 0.333. The van der Waals surface area contributed by atoms with E-state index in [0.29, 0.717) is 5.56 Å². The topological polar surface area (TPSA) is 0 Å². The summed E-state index contributed by atoms with van der Waals surface area (Å²) in [5.74, 6) is -0.137. The van der Waals surface area contributed by atoms with Crippen molar-refractivity contribution in [3.8, 4) is 0 Å². The van der Waals surface area contributed by atoms with Crippen LogP contribution in [0.1, 0.15) is 24.5 Å². The number of alkyl halides is 1. The summed E-state index contributed by atoms with van der Waals surface area (Å²) in [5, 5.41) is 0.963. The third-order valence-corrected chi connectivity index (χ3v) is 2.63. The van der Waals surface area contributed by atoms with E-state index in [1.165, 1.54) is 11.6 Å². The summed E-state index contributed by atoms with van der Waals surface area (Å²) in [6.45, 7) is 3.84. The van der Waals surface area contributed by atoms with Crippen LogP contribution in [0.15, 0.2) is 24.3 Å². The summed E-state index contributed by atoms with van der Waals surface area (Å²) in [4.78, 5) is 0. The molecule has 1 rings (SSSR count). The maximum absolute atomic E-state index is 13.0. The number of benzene rings is 1. The van der Waals surface area contributed by atoms with E-state index in [2.05, 4.69) is 28.9 Å². The predicted octanol–water partition coefficient (Wildman–Crippen LogP) is 4.32. The smallest absolute Gasteiger partial charge is 0.126 e. The summed E-state index contributed by atoms with van der Waals surface area (Å²) in [5.41, 5.74) is 3.01. The maximum atomic E-state index is 13.0. The van der Waals surface area contributed by atoms with Crippen LogP contribution >= 0.6 is 15.9 Å². The predicted molar refractivity (Wildman–Crippen MR) is 63.2 cm³/mol. The lowest BCUT2D eigenvalue weighted by Crippen LogP contribution is -1.86. The lowest BCUT2D eigenvalue weighted by atomic mass is 10.0. The molecule has 0 aromatic heterocycles. The Kier molecular flexibility index (Phi) is 4.33. The highest BCUT2D eigenvalue weighted by Gasteiger charge is 1.99. The lowest BCUT2D eigenvalue weighted by Gasteiger charge is -2.03. The molecule has 0 saturated heterocycles. The van der Waals surface area contributed by atoms with Crippen molar-refractivity contribution in [1.29, 1.82) is 0 Å². The van der Waals surface area contributed by atoms with Crippen LogP contribution in [0.25, 0.3) is 5.57 Å². The second-order valence-electron chi connectivity index (χ2n) is 3.33. The molecule has 0 aliphatic rings. The molecular weight excluding hydrogens is 243 g/mol. The standard InChI is InChI=1S/C12H14BrF/c1-9(4-3-7-13)11-5-6-12(14)10(2)8-11/h4-6,8H,3,7H2,1-2H3/b9-4-. The Morgan fingerprint density at radius 1 is 1.50 bits per heavy atom. The first-order chi connectivity index (χ1) is 6.65. The van der Waals surface area contributed by atoms with Crippen molar-refractivity contribution in [1.82, 2.24) is 0 Å². The van der Waals surface area contributed by atoms with E-state index in [4.69, 9.17) is 0 Å². The van der Waals surface area contributed by atoms with Crippen LogP contribution in [0.4, 0.5) is 4.39 Å². The van der Waals surface area contributed by atoms with Gasteiger partial charge in [-0.1, -0.05) is 28.1 Å². The number of allylic oxidation sites excluding steroid dienone is 2. The van der Waals surface area contributed by atoms with E-state index in [1.807, 2.05) is 12.1 Å². The van der Waals surface area contributed by atoms with Crippen LogP contribution in [0, 0.1) is 12.7 Å². The van der Waals surface area contributed by atoms with E-state index in [0.717, 1.165) is 17.3 Å². The molecule has 0 heterocycles. The summed E-state index contributed by atoms with van der Waals surface area (Å²) >= 11 is 3.37. The molecule has 0 unspecified atom stereocenters. The van der Waals surface area contributed by atoms with Crippen LogP contribution in [-0.4, -0.2) is 5.33 Å². The van der Waals surface area contributed by atoms with Crippen LogP contribution in [-0.2, 0) is 0 Å². The molecule has 0 N–H and O–H groups in total. The minimum Gasteiger partial charge on any atom is -0.207 e. The zero-order chi connectivity index (χ0) is 10.6. The van der Waals surface area contributed by atoms with Crippen LogP contribution in [0.3, 0.4) is 0 Å². The first-order valence-electron chi connectivity index (χ1n) is 4.64. The van der Waals surface area contributed by atoms with Gasteiger partial charge in [-0.2, -0.15) is 0 Å². The molecule has 0 bridgehead atoms. The molecular formula is C12H14BrF. The Balaban J connectivity index is 2.91. The highest BCUT2D eigenvalue weighted by molar-refractivity contribution is 9.09. The molecule has 14 heavy (non-hydrogen) atoms. The quantitative estimate of drug-likeness (QED) is 0.707. The number of halogens is 2. The van der Waals surface area contributed by atoms with Gasteiger partial charge in [-0.05, 0) is 49.1 Å². The van der Waals surface area contributed by atoms with Crippen LogP contribution in [0.2, 0.25) is 0 Å². The second kappa shape index (κ2) is 5.30. The first kappa shape index (κ1) is 11.4. The molecule has 0 aliphatic heterocycles. The van der Waals surface area contributed by atoms with Gasteiger partial charge in [-0.15, -0.1) is 0 Å². The molecule has 0 saturated carbocycles.